The van der Waals surface area contributed by atoms with Crippen LogP contribution in [0.2, 0.25) is 0 Å². The molecule has 0 aliphatic heterocycles. The molecule has 5 nitrogen and oxygen atoms in total. The molecule has 0 aromatic carbocycles. The van der Waals surface area contributed by atoms with E-state index in [1.54, 1.807) is 25.8 Å². The average molecular weight is 288 g/mol. The number of hydrogen-bond donors (Lipinski definition) is 1. The molecular formula is C16H20N2O3. The first-order valence-corrected chi connectivity index (χ1v) is 7.00. The molecular weight excluding hydrogens is 268 g/mol. The van der Waals surface area contributed by atoms with Crippen LogP contribution in [0.5, 0.6) is 0 Å². The summed E-state index contributed by atoms with van der Waals surface area (Å²) in [5, 5.41) is 3.00. The minimum Gasteiger partial charge on any atom is -0.467 e. The molecule has 0 radical (unpaired) electrons. The minimum atomic E-state index is -0.148. The number of nitrogens with one attached hydrogen (secondary N) is 1. The maximum atomic E-state index is 12.1. The highest BCUT2D eigenvalue weighted by atomic mass is 16.5. The third kappa shape index (κ3) is 5.04. The Morgan fingerprint density at radius 2 is 2.19 bits per heavy atom. The van der Waals surface area contributed by atoms with Crippen LogP contribution in [-0.2, 0) is 16.0 Å². The van der Waals surface area contributed by atoms with Gasteiger partial charge in [-0.3, -0.25) is 9.78 Å². The number of aryl methyl sites for hydroxylation is 1. The second kappa shape index (κ2) is 8.21. The number of hydrogen-bond acceptors (Lipinski definition) is 4. The highest BCUT2D eigenvalue weighted by Crippen LogP contribution is 2.17. The van der Waals surface area contributed by atoms with Crippen LogP contribution in [0.4, 0.5) is 0 Å². The number of aromatic nitrogens is 1. The van der Waals surface area contributed by atoms with Gasteiger partial charge < -0.3 is 14.5 Å². The molecule has 0 saturated carbocycles. The molecule has 0 saturated heterocycles. The van der Waals surface area contributed by atoms with E-state index in [4.69, 9.17) is 9.15 Å². The van der Waals surface area contributed by atoms with Gasteiger partial charge in [-0.1, -0.05) is 0 Å². The summed E-state index contributed by atoms with van der Waals surface area (Å²) in [6.45, 7) is 0.565. The van der Waals surface area contributed by atoms with Crippen LogP contribution in [0.1, 0.15) is 30.2 Å². The number of methoxy groups -OCH3 is 1. The molecule has 2 aromatic heterocycles. The van der Waals surface area contributed by atoms with Crippen molar-refractivity contribution in [2.45, 2.75) is 25.3 Å². The van der Waals surface area contributed by atoms with Gasteiger partial charge in [0.25, 0.3) is 0 Å². The monoisotopic (exact) mass is 288 g/mol. The largest absolute Gasteiger partial charge is 0.467 e. The van der Waals surface area contributed by atoms with Gasteiger partial charge in [0.2, 0.25) is 5.91 Å². The van der Waals surface area contributed by atoms with Crippen molar-refractivity contribution in [3.63, 3.8) is 0 Å². The van der Waals surface area contributed by atoms with Crippen LogP contribution in [-0.4, -0.2) is 24.6 Å². The SMILES string of the molecule is COCCC(NC(=O)CCc1ccncc1)c1ccco1. The molecule has 112 valence electrons. The third-order valence-corrected chi connectivity index (χ3v) is 3.22. The first kappa shape index (κ1) is 15.3. The van der Waals surface area contributed by atoms with Crippen LogP contribution >= 0.6 is 0 Å². The topological polar surface area (TPSA) is 64.4 Å². The van der Waals surface area contributed by atoms with E-state index in [0.29, 0.717) is 25.9 Å². The molecule has 0 aliphatic carbocycles. The zero-order chi connectivity index (χ0) is 14.9. The lowest BCUT2D eigenvalue weighted by molar-refractivity contribution is -0.122. The van der Waals surface area contributed by atoms with Gasteiger partial charge in [-0.15, -0.1) is 0 Å². The van der Waals surface area contributed by atoms with Crippen molar-refractivity contribution < 1.29 is 13.9 Å². The Labute approximate surface area is 124 Å². The molecule has 0 bridgehead atoms. The molecule has 0 aliphatic rings. The van der Waals surface area contributed by atoms with Crippen molar-refractivity contribution >= 4 is 5.91 Å². The number of rotatable bonds is 8. The van der Waals surface area contributed by atoms with Crippen LogP contribution in [0.3, 0.4) is 0 Å². The Kier molecular flexibility index (Phi) is 5.97. The van der Waals surface area contributed by atoms with Gasteiger partial charge in [0.05, 0.1) is 12.3 Å². The van der Waals surface area contributed by atoms with E-state index >= 15 is 0 Å². The molecule has 2 heterocycles. The van der Waals surface area contributed by atoms with Crippen molar-refractivity contribution in [1.29, 1.82) is 0 Å². The van der Waals surface area contributed by atoms with E-state index in [-0.39, 0.29) is 11.9 Å². The molecule has 0 spiro atoms. The summed E-state index contributed by atoms with van der Waals surface area (Å²) in [5.41, 5.74) is 1.10. The van der Waals surface area contributed by atoms with Crippen LogP contribution < -0.4 is 5.32 Å². The number of carbonyl (C=O) groups is 1. The van der Waals surface area contributed by atoms with Crippen LogP contribution in [0.15, 0.2) is 47.3 Å². The Hall–Kier alpha value is -2.14. The Morgan fingerprint density at radius 3 is 2.86 bits per heavy atom. The van der Waals surface area contributed by atoms with Crippen molar-refractivity contribution in [3.05, 3.63) is 54.2 Å². The second-order valence-electron chi connectivity index (χ2n) is 4.77. The highest BCUT2D eigenvalue weighted by molar-refractivity contribution is 5.76. The van der Waals surface area contributed by atoms with Gasteiger partial charge in [-0.2, -0.15) is 0 Å². The zero-order valence-electron chi connectivity index (χ0n) is 12.1. The van der Waals surface area contributed by atoms with E-state index < -0.39 is 0 Å². The first-order chi connectivity index (χ1) is 10.3. The molecule has 2 rings (SSSR count). The fourth-order valence-electron chi connectivity index (χ4n) is 2.08. The minimum absolute atomic E-state index is 0.00400. The second-order valence-corrected chi connectivity index (χ2v) is 4.77. The fourth-order valence-corrected chi connectivity index (χ4v) is 2.08. The Balaban J connectivity index is 1.86. The van der Waals surface area contributed by atoms with Crippen molar-refractivity contribution in [2.75, 3.05) is 13.7 Å². The van der Waals surface area contributed by atoms with Crippen molar-refractivity contribution in [2.24, 2.45) is 0 Å². The number of nitrogens with zero attached hydrogens (tertiary/aromatic N) is 1. The number of ether oxygens (including phenoxy) is 1. The summed E-state index contributed by atoms with van der Waals surface area (Å²) in [6.07, 6.45) is 6.90. The van der Waals surface area contributed by atoms with E-state index in [2.05, 4.69) is 10.3 Å². The summed E-state index contributed by atoms with van der Waals surface area (Å²) < 4.78 is 10.5. The predicted octanol–water partition coefficient (Wildman–Crippen LogP) is 2.50. The fraction of sp³-hybridized carbons (Fsp3) is 0.375. The lowest BCUT2D eigenvalue weighted by Gasteiger charge is -2.16. The first-order valence-electron chi connectivity index (χ1n) is 7.00. The number of carbonyl (C=O) groups excluding carboxylic acids is 1. The number of furan rings is 1. The van der Waals surface area contributed by atoms with Gasteiger partial charge in [0.1, 0.15) is 5.76 Å². The van der Waals surface area contributed by atoms with Crippen LogP contribution in [0, 0.1) is 0 Å². The lowest BCUT2D eigenvalue weighted by atomic mass is 10.1. The van der Waals surface area contributed by atoms with Crippen molar-refractivity contribution in [1.82, 2.24) is 10.3 Å². The molecule has 2 aromatic rings. The quantitative estimate of drug-likeness (QED) is 0.810. The van der Waals surface area contributed by atoms with E-state index in [9.17, 15) is 4.79 Å². The zero-order valence-corrected chi connectivity index (χ0v) is 12.1. The van der Waals surface area contributed by atoms with Gasteiger partial charge in [0, 0.05) is 32.5 Å². The summed E-state index contributed by atoms with van der Waals surface area (Å²) in [6, 6.07) is 7.37. The number of amides is 1. The predicted molar refractivity (Wildman–Crippen MR) is 78.6 cm³/mol. The van der Waals surface area contributed by atoms with Crippen LogP contribution in [0.25, 0.3) is 0 Å². The van der Waals surface area contributed by atoms with Gasteiger partial charge in [-0.05, 0) is 42.7 Å². The Morgan fingerprint density at radius 1 is 1.38 bits per heavy atom. The van der Waals surface area contributed by atoms with Crippen molar-refractivity contribution in [3.8, 4) is 0 Å². The maximum Gasteiger partial charge on any atom is 0.220 e. The summed E-state index contributed by atoms with van der Waals surface area (Å²) in [7, 11) is 1.64. The maximum absolute atomic E-state index is 12.1. The summed E-state index contributed by atoms with van der Waals surface area (Å²) in [4.78, 5) is 16.0. The molecule has 21 heavy (non-hydrogen) atoms. The number of pyridine rings is 1. The van der Waals surface area contributed by atoms with Gasteiger partial charge in [-0.25, -0.2) is 0 Å². The van der Waals surface area contributed by atoms with E-state index in [1.165, 1.54) is 0 Å². The highest BCUT2D eigenvalue weighted by Gasteiger charge is 2.16. The lowest BCUT2D eigenvalue weighted by Crippen LogP contribution is -2.29. The molecule has 0 fully saturated rings. The normalized spacial score (nSPS) is 12.0. The molecule has 1 unspecified atom stereocenters. The molecule has 1 amide bonds. The van der Waals surface area contributed by atoms with Gasteiger partial charge in [0.15, 0.2) is 0 Å². The third-order valence-electron chi connectivity index (χ3n) is 3.22. The van der Waals surface area contributed by atoms with E-state index in [1.807, 2.05) is 24.3 Å². The molecule has 5 heteroatoms. The summed E-state index contributed by atoms with van der Waals surface area (Å²) >= 11 is 0. The average Bonchev–Trinajstić information content (AvgIpc) is 3.04. The smallest absolute Gasteiger partial charge is 0.220 e. The standard InChI is InChI=1S/C16H20N2O3/c1-20-12-8-14(15-3-2-11-21-15)18-16(19)5-4-13-6-9-17-10-7-13/h2-3,6-7,9-11,14H,4-5,8,12H2,1H3,(H,18,19). The van der Waals surface area contributed by atoms with E-state index in [0.717, 1.165) is 11.3 Å². The Bertz CT molecular complexity index is 526. The molecule has 1 atom stereocenters. The molecule has 1 N–H and O–H groups in total. The van der Waals surface area contributed by atoms with Gasteiger partial charge >= 0.3 is 0 Å². The summed E-state index contributed by atoms with van der Waals surface area (Å²) in [5.74, 6) is 0.758.